The first-order chi connectivity index (χ1) is 17.7. The number of ether oxygens (including phenoxy) is 1. The molecule has 0 bridgehead atoms. The van der Waals surface area contributed by atoms with Gasteiger partial charge in [0.25, 0.3) is 0 Å². The van der Waals surface area contributed by atoms with E-state index >= 15 is 0 Å². The number of amides is 2. The van der Waals surface area contributed by atoms with Gasteiger partial charge in [0.15, 0.2) is 0 Å². The Morgan fingerprint density at radius 1 is 1.08 bits per heavy atom. The van der Waals surface area contributed by atoms with E-state index in [1.165, 1.54) is 42.4 Å². The van der Waals surface area contributed by atoms with Gasteiger partial charge in [-0.05, 0) is 73.3 Å². The number of carbonyl (C=O) groups excluding carboxylic acids is 1. The summed E-state index contributed by atoms with van der Waals surface area (Å²) in [5.74, 6) is 1.60. The van der Waals surface area contributed by atoms with Crippen molar-refractivity contribution in [1.82, 2.24) is 15.1 Å². The van der Waals surface area contributed by atoms with Crippen molar-refractivity contribution in [1.29, 1.82) is 0 Å². The van der Waals surface area contributed by atoms with E-state index in [4.69, 9.17) is 4.74 Å². The fraction of sp³-hybridized carbons (Fsp3) is 0.581. The molecule has 0 spiro atoms. The Labute approximate surface area is 217 Å². The summed E-state index contributed by atoms with van der Waals surface area (Å²) in [6.45, 7) is 6.85. The average Bonchev–Trinajstić information content (AvgIpc) is 2.92. The van der Waals surface area contributed by atoms with Gasteiger partial charge in [-0.3, -0.25) is 4.90 Å². The molecule has 0 saturated carbocycles. The van der Waals surface area contributed by atoms with Crippen LogP contribution in [0.3, 0.4) is 0 Å². The first kappa shape index (κ1) is 25.1. The fourth-order valence-corrected chi connectivity index (χ4v) is 6.55. The highest BCUT2D eigenvalue weighted by Gasteiger charge is 2.43. The molecule has 2 saturated heterocycles. The number of hydrogen-bond donors (Lipinski definition) is 1. The molecular weight excluding hydrogens is 446 g/mol. The largest absolute Gasteiger partial charge is 0.494 e. The van der Waals surface area contributed by atoms with E-state index < -0.39 is 0 Å². The van der Waals surface area contributed by atoms with Crippen LogP contribution in [0, 0.1) is 5.92 Å². The van der Waals surface area contributed by atoms with E-state index in [1.807, 2.05) is 6.07 Å². The minimum absolute atomic E-state index is 0.122. The van der Waals surface area contributed by atoms with Gasteiger partial charge in [-0.2, -0.15) is 0 Å². The number of unbranched alkanes of at least 4 members (excludes halogenated alkanes) is 3. The van der Waals surface area contributed by atoms with Gasteiger partial charge in [-0.1, -0.05) is 62.6 Å². The van der Waals surface area contributed by atoms with Crippen molar-refractivity contribution in [3.8, 4) is 5.75 Å². The maximum atomic E-state index is 13.2. The van der Waals surface area contributed by atoms with E-state index in [0.29, 0.717) is 24.5 Å². The number of urea groups is 1. The third kappa shape index (κ3) is 5.88. The lowest BCUT2D eigenvalue weighted by Crippen LogP contribution is -2.59. The zero-order valence-corrected chi connectivity index (χ0v) is 22.0. The van der Waals surface area contributed by atoms with Gasteiger partial charge in [0, 0.05) is 38.3 Å². The Morgan fingerprint density at radius 3 is 2.83 bits per heavy atom. The molecule has 3 aliphatic heterocycles. The molecule has 0 aromatic heterocycles. The number of fused-ring (bicyclic) bond motifs is 4. The molecule has 5 rings (SSSR count). The van der Waals surface area contributed by atoms with Gasteiger partial charge in [0.2, 0.25) is 0 Å². The summed E-state index contributed by atoms with van der Waals surface area (Å²) < 4.78 is 6.08. The monoisotopic (exact) mass is 489 g/mol. The highest BCUT2D eigenvalue weighted by Crippen LogP contribution is 2.43. The minimum atomic E-state index is 0.122. The molecule has 3 atom stereocenters. The Balaban J connectivity index is 1.21. The molecule has 2 fully saturated rings. The van der Waals surface area contributed by atoms with Crippen LogP contribution in [0.1, 0.15) is 74.6 Å². The van der Waals surface area contributed by atoms with Gasteiger partial charge in [-0.25, -0.2) is 4.79 Å². The molecule has 2 amide bonds. The topological polar surface area (TPSA) is 44.8 Å². The van der Waals surface area contributed by atoms with Crippen LogP contribution in [0.25, 0.3) is 0 Å². The normalized spacial score (nSPS) is 23.4. The van der Waals surface area contributed by atoms with Gasteiger partial charge in [0.05, 0.1) is 6.61 Å². The quantitative estimate of drug-likeness (QED) is 0.441. The van der Waals surface area contributed by atoms with Crippen molar-refractivity contribution < 1.29 is 9.53 Å². The molecule has 194 valence electrons. The molecule has 0 radical (unpaired) electrons. The number of hydrogen-bond acceptors (Lipinski definition) is 3. The zero-order chi connectivity index (χ0) is 24.7. The molecule has 1 N–H and O–H groups in total. The third-order valence-corrected chi connectivity index (χ3v) is 8.49. The number of nitrogens with zero attached hydrogens (tertiary/aromatic N) is 2. The van der Waals surface area contributed by atoms with Crippen molar-refractivity contribution in [3.05, 3.63) is 65.2 Å². The Bertz CT molecular complexity index is 995. The molecule has 2 aromatic rings. The number of carbonyl (C=O) groups is 1. The Morgan fingerprint density at radius 2 is 1.97 bits per heavy atom. The summed E-state index contributed by atoms with van der Waals surface area (Å²) in [6, 6.07) is 18.0. The second-order valence-electron chi connectivity index (χ2n) is 10.9. The fourth-order valence-electron chi connectivity index (χ4n) is 6.55. The highest BCUT2D eigenvalue weighted by molar-refractivity contribution is 5.74. The second kappa shape index (κ2) is 12.1. The third-order valence-electron chi connectivity index (χ3n) is 8.49. The standard InChI is InChI=1S/C31H43N3O2/c1-2-3-4-8-20-36-27-13-14-28-25(21-27)16-19-33-23-26-12-9-18-34(29(26)22-30(28)33)31(35)32-17-15-24-10-6-5-7-11-24/h5-7,10-11,13-14,21,26,29-30H,2-4,8-9,12,15-20,22-23H2,1H3,(H,32,35)/t26-,29+,30+/m1/s1. The molecule has 3 heterocycles. The molecule has 36 heavy (non-hydrogen) atoms. The number of benzene rings is 2. The lowest BCUT2D eigenvalue weighted by atomic mass is 9.76. The van der Waals surface area contributed by atoms with Crippen LogP contribution >= 0.6 is 0 Å². The van der Waals surface area contributed by atoms with Crippen LogP contribution in [0.2, 0.25) is 0 Å². The van der Waals surface area contributed by atoms with Crippen LogP contribution in [-0.2, 0) is 12.8 Å². The number of likely N-dealkylation sites (tertiary alicyclic amines) is 1. The van der Waals surface area contributed by atoms with E-state index in [2.05, 4.69) is 64.5 Å². The summed E-state index contributed by atoms with van der Waals surface area (Å²) >= 11 is 0. The van der Waals surface area contributed by atoms with Crippen molar-refractivity contribution in [2.24, 2.45) is 5.92 Å². The number of rotatable bonds is 9. The van der Waals surface area contributed by atoms with Gasteiger partial charge >= 0.3 is 6.03 Å². The minimum Gasteiger partial charge on any atom is -0.494 e. The van der Waals surface area contributed by atoms with Crippen LogP contribution in [-0.4, -0.2) is 54.7 Å². The van der Waals surface area contributed by atoms with Gasteiger partial charge in [0.1, 0.15) is 5.75 Å². The van der Waals surface area contributed by atoms with E-state index in [0.717, 1.165) is 64.1 Å². The summed E-state index contributed by atoms with van der Waals surface area (Å²) in [7, 11) is 0. The lowest BCUT2D eigenvalue weighted by molar-refractivity contribution is 0.00575. The van der Waals surface area contributed by atoms with Crippen molar-refractivity contribution in [3.63, 3.8) is 0 Å². The van der Waals surface area contributed by atoms with Crippen molar-refractivity contribution in [2.45, 2.75) is 76.8 Å². The maximum absolute atomic E-state index is 13.2. The van der Waals surface area contributed by atoms with Crippen LogP contribution in [0.5, 0.6) is 5.75 Å². The average molecular weight is 490 g/mol. The number of nitrogens with one attached hydrogen (secondary N) is 1. The molecule has 5 nitrogen and oxygen atoms in total. The first-order valence-electron chi connectivity index (χ1n) is 14.3. The summed E-state index contributed by atoms with van der Waals surface area (Å²) in [5, 5.41) is 3.22. The molecular formula is C31H43N3O2. The molecule has 0 aliphatic carbocycles. The van der Waals surface area contributed by atoms with E-state index in [1.54, 1.807) is 0 Å². The molecule has 5 heteroatoms. The maximum Gasteiger partial charge on any atom is 0.317 e. The van der Waals surface area contributed by atoms with Crippen LogP contribution in [0.15, 0.2) is 48.5 Å². The molecule has 0 unspecified atom stereocenters. The highest BCUT2D eigenvalue weighted by atomic mass is 16.5. The van der Waals surface area contributed by atoms with E-state index in [9.17, 15) is 4.79 Å². The first-order valence-corrected chi connectivity index (χ1v) is 14.3. The predicted molar refractivity (Wildman–Crippen MR) is 145 cm³/mol. The van der Waals surface area contributed by atoms with Gasteiger partial charge < -0.3 is 15.0 Å². The lowest BCUT2D eigenvalue weighted by Gasteiger charge is -2.52. The van der Waals surface area contributed by atoms with E-state index in [-0.39, 0.29) is 6.03 Å². The molecule has 3 aliphatic rings. The second-order valence-corrected chi connectivity index (χ2v) is 10.9. The van der Waals surface area contributed by atoms with Crippen molar-refractivity contribution in [2.75, 3.05) is 32.8 Å². The predicted octanol–water partition coefficient (Wildman–Crippen LogP) is 5.98. The Hall–Kier alpha value is -2.53. The van der Waals surface area contributed by atoms with Crippen LogP contribution < -0.4 is 10.1 Å². The van der Waals surface area contributed by atoms with Crippen molar-refractivity contribution >= 4 is 6.03 Å². The summed E-state index contributed by atoms with van der Waals surface area (Å²) in [4.78, 5) is 18.1. The smallest absolute Gasteiger partial charge is 0.317 e. The summed E-state index contributed by atoms with van der Waals surface area (Å²) in [6.07, 6.45) is 10.3. The Kier molecular flexibility index (Phi) is 8.47. The summed E-state index contributed by atoms with van der Waals surface area (Å²) in [5.41, 5.74) is 4.16. The zero-order valence-electron chi connectivity index (χ0n) is 22.0. The van der Waals surface area contributed by atoms with Crippen LogP contribution in [0.4, 0.5) is 4.79 Å². The van der Waals surface area contributed by atoms with Gasteiger partial charge in [-0.15, -0.1) is 0 Å². The molecule has 2 aromatic carbocycles. The number of piperidine rings is 2. The SMILES string of the molecule is CCCCCCOc1ccc2c(c1)CCN1C[C@H]3CCCN(C(=O)NCCc4ccccc4)[C@H]3C[C@@H]21.